The third-order valence-electron chi connectivity index (χ3n) is 7.34. The van der Waals surface area contributed by atoms with Crippen molar-refractivity contribution >= 4 is 0 Å². The smallest absolute Gasteiger partial charge is 0.111 e. The Balaban J connectivity index is 1.41. The van der Waals surface area contributed by atoms with Crippen molar-refractivity contribution in [2.24, 2.45) is 10.8 Å². The molecular weight excluding hydrogens is 315 g/mol. The molecule has 3 aliphatic rings. The lowest BCUT2D eigenvalue weighted by Crippen LogP contribution is -2.61. The first-order chi connectivity index (χ1) is 12.1. The van der Waals surface area contributed by atoms with Crippen LogP contribution in [0.5, 0.6) is 0 Å². The van der Waals surface area contributed by atoms with E-state index in [1.165, 1.54) is 12.8 Å². The molecule has 0 saturated heterocycles. The van der Waals surface area contributed by atoms with Gasteiger partial charge in [0.1, 0.15) is 6.17 Å². The van der Waals surface area contributed by atoms with Gasteiger partial charge in [-0.1, -0.05) is 26.7 Å². The second-order valence-electron chi connectivity index (χ2n) is 9.11. The predicted octanol–water partition coefficient (Wildman–Crippen LogP) is 6.22. The third kappa shape index (κ3) is 4.24. The SMILES string of the molecule is CCCCOC1CC[C@]2(CC1)C[C@@]1(CCC(OCCCC)CC1)C2F. The molecule has 2 spiro atoms. The molecule has 2 nitrogen and oxygen atoms in total. The Morgan fingerprint density at radius 3 is 1.48 bits per heavy atom. The monoisotopic (exact) mass is 354 g/mol. The maximum absolute atomic E-state index is 15.4. The van der Waals surface area contributed by atoms with Gasteiger partial charge in [-0.05, 0) is 70.6 Å². The molecule has 3 fully saturated rings. The molecule has 0 bridgehead atoms. The zero-order valence-electron chi connectivity index (χ0n) is 16.5. The molecule has 0 radical (unpaired) electrons. The van der Waals surface area contributed by atoms with Gasteiger partial charge in [0.2, 0.25) is 0 Å². The molecule has 0 amide bonds. The van der Waals surface area contributed by atoms with Crippen LogP contribution in [0, 0.1) is 10.8 Å². The second-order valence-corrected chi connectivity index (χ2v) is 9.11. The molecule has 3 saturated carbocycles. The van der Waals surface area contributed by atoms with Gasteiger partial charge in [0.05, 0.1) is 12.2 Å². The van der Waals surface area contributed by atoms with Crippen LogP contribution in [0.3, 0.4) is 0 Å². The number of hydrogen-bond donors (Lipinski definition) is 0. The van der Waals surface area contributed by atoms with Crippen LogP contribution in [0.4, 0.5) is 4.39 Å². The highest BCUT2D eigenvalue weighted by Gasteiger charge is 2.64. The topological polar surface area (TPSA) is 18.5 Å². The lowest BCUT2D eigenvalue weighted by molar-refractivity contribution is -0.196. The maximum Gasteiger partial charge on any atom is 0.111 e. The van der Waals surface area contributed by atoms with E-state index in [0.29, 0.717) is 12.2 Å². The average Bonchev–Trinajstić information content (AvgIpc) is 2.65. The third-order valence-corrected chi connectivity index (χ3v) is 7.34. The number of ether oxygens (including phenoxy) is 2. The van der Waals surface area contributed by atoms with Gasteiger partial charge in [0.25, 0.3) is 0 Å². The Bertz CT molecular complexity index is 359. The van der Waals surface area contributed by atoms with E-state index in [0.717, 1.165) is 83.8 Å². The molecule has 0 unspecified atom stereocenters. The van der Waals surface area contributed by atoms with Gasteiger partial charge in [-0.2, -0.15) is 0 Å². The van der Waals surface area contributed by atoms with E-state index in [1.807, 2.05) is 0 Å². The van der Waals surface area contributed by atoms with Crippen LogP contribution in [-0.2, 0) is 9.47 Å². The molecule has 0 aliphatic heterocycles. The van der Waals surface area contributed by atoms with Gasteiger partial charge in [-0.3, -0.25) is 0 Å². The minimum atomic E-state index is -0.576. The lowest BCUT2D eigenvalue weighted by Gasteiger charge is -2.63. The molecule has 0 aromatic rings. The van der Waals surface area contributed by atoms with Crippen LogP contribution in [-0.4, -0.2) is 31.6 Å². The summed E-state index contributed by atoms with van der Waals surface area (Å²) in [5, 5.41) is 0. The highest BCUT2D eigenvalue weighted by Crippen LogP contribution is 2.67. The molecular formula is C22H39FO2. The first-order valence-corrected chi connectivity index (χ1v) is 11.0. The Labute approximate surface area is 154 Å². The molecule has 0 heterocycles. The zero-order chi connectivity index (χ0) is 17.8. The first-order valence-electron chi connectivity index (χ1n) is 11.0. The fourth-order valence-electron chi connectivity index (χ4n) is 5.71. The van der Waals surface area contributed by atoms with Crippen LogP contribution >= 0.6 is 0 Å². The van der Waals surface area contributed by atoms with Crippen LogP contribution < -0.4 is 0 Å². The molecule has 3 aliphatic carbocycles. The normalized spacial score (nSPS) is 41.2. The van der Waals surface area contributed by atoms with Crippen LogP contribution in [0.25, 0.3) is 0 Å². The first kappa shape index (κ1) is 19.6. The molecule has 3 rings (SSSR count). The number of hydrogen-bond acceptors (Lipinski definition) is 2. The summed E-state index contributed by atoms with van der Waals surface area (Å²) < 4.78 is 27.3. The van der Waals surface area contributed by atoms with Crippen LogP contribution in [0.15, 0.2) is 0 Å². The van der Waals surface area contributed by atoms with E-state index in [2.05, 4.69) is 13.8 Å². The van der Waals surface area contributed by atoms with E-state index in [1.54, 1.807) is 0 Å². The maximum atomic E-state index is 15.4. The number of halogens is 1. The summed E-state index contributed by atoms with van der Waals surface area (Å²) in [6.45, 7) is 6.17. The number of rotatable bonds is 8. The minimum absolute atomic E-state index is 0.000517. The summed E-state index contributed by atoms with van der Waals surface area (Å²) in [5.41, 5.74) is 0.00103. The van der Waals surface area contributed by atoms with Gasteiger partial charge in [0, 0.05) is 24.0 Å². The van der Waals surface area contributed by atoms with Crippen molar-refractivity contribution in [1.82, 2.24) is 0 Å². The predicted molar refractivity (Wildman–Crippen MR) is 101 cm³/mol. The van der Waals surface area contributed by atoms with Crippen molar-refractivity contribution in [2.45, 2.75) is 116 Å². The second kappa shape index (κ2) is 8.69. The van der Waals surface area contributed by atoms with E-state index < -0.39 is 6.17 Å². The standard InChI is InChI=1S/C22H39FO2/c1-3-5-15-24-18-7-11-21(12-8-18)17-22(20(21)23)13-9-19(10-14-22)25-16-6-4-2/h18-20H,3-17H2,1-2H3/t18?,19?,20?,21-,22-. The van der Waals surface area contributed by atoms with Gasteiger partial charge < -0.3 is 9.47 Å². The minimum Gasteiger partial charge on any atom is -0.378 e. The fraction of sp³-hybridized carbons (Fsp3) is 1.00. The van der Waals surface area contributed by atoms with Crippen LogP contribution in [0.2, 0.25) is 0 Å². The van der Waals surface area contributed by atoms with Gasteiger partial charge in [0.15, 0.2) is 0 Å². The van der Waals surface area contributed by atoms with E-state index >= 15 is 4.39 Å². The summed E-state index contributed by atoms with van der Waals surface area (Å²) in [7, 11) is 0. The molecule has 3 heteroatoms. The average molecular weight is 355 g/mol. The quantitative estimate of drug-likeness (QED) is 0.482. The molecule has 0 aromatic heterocycles. The molecule has 146 valence electrons. The van der Waals surface area contributed by atoms with Gasteiger partial charge >= 0.3 is 0 Å². The van der Waals surface area contributed by atoms with Gasteiger partial charge in [-0.25, -0.2) is 4.39 Å². The highest BCUT2D eigenvalue weighted by atomic mass is 19.1. The van der Waals surface area contributed by atoms with Crippen molar-refractivity contribution in [3.05, 3.63) is 0 Å². The molecule has 0 aromatic carbocycles. The summed E-state index contributed by atoms with van der Waals surface area (Å²) in [5.74, 6) is 0. The van der Waals surface area contributed by atoms with Crippen molar-refractivity contribution in [3.8, 4) is 0 Å². The number of alkyl halides is 1. The van der Waals surface area contributed by atoms with Crippen molar-refractivity contribution in [2.75, 3.05) is 13.2 Å². The summed E-state index contributed by atoms with van der Waals surface area (Å²) in [4.78, 5) is 0. The molecule has 0 atom stereocenters. The molecule has 25 heavy (non-hydrogen) atoms. The Hall–Kier alpha value is -0.150. The Morgan fingerprint density at radius 1 is 0.760 bits per heavy atom. The van der Waals surface area contributed by atoms with Crippen molar-refractivity contribution in [3.63, 3.8) is 0 Å². The summed E-state index contributed by atoms with van der Waals surface area (Å²) in [6.07, 6.45) is 14.5. The molecule has 0 N–H and O–H groups in total. The van der Waals surface area contributed by atoms with Crippen LogP contribution in [0.1, 0.15) is 97.3 Å². The Kier molecular flexibility index (Phi) is 6.82. The van der Waals surface area contributed by atoms with Gasteiger partial charge in [-0.15, -0.1) is 0 Å². The Morgan fingerprint density at radius 2 is 1.16 bits per heavy atom. The van der Waals surface area contributed by atoms with E-state index in [4.69, 9.17) is 9.47 Å². The van der Waals surface area contributed by atoms with E-state index in [-0.39, 0.29) is 10.8 Å². The highest BCUT2D eigenvalue weighted by molar-refractivity contribution is 5.13. The lowest BCUT2D eigenvalue weighted by atomic mass is 9.43. The summed E-state index contributed by atoms with van der Waals surface area (Å²) in [6, 6.07) is 0. The summed E-state index contributed by atoms with van der Waals surface area (Å²) >= 11 is 0. The van der Waals surface area contributed by atoms with Crippen molar-refractivity contribution in [1.29, 1.82) is 0 Å². The fourth-order valence-corrected chi connectivity index (χ4v) is 5.71. The largest absolute Gasteiger partial charge is 0.378 e. The number of unbranched alkanes of at least 4 members (excludes halogenated alkanes) is 2. The van der Waals surface area contributed by atoms with E-state index in [9.17, 15) is 0 Å². The zero-order valence-corrected chi connectivity index (χ0v) is 16.5. The van der Waals surface area contributed by atoms with Crippen molar-refractivity contribution < 1.29 is 13.9 Å².